The molecule has 0 aromatic rings. The van der Waals surface area contributed by atoms with Crippen LogP contribution in [0.5, 0.6) is 0 Å². The first-order chi connectivity index (χ1) is 9.83. The zero-order valence-electron chi connectivity index (χ0n) is 14.6. The van der Waals surface area contributed by atoms with Crippen LogP contribution in [0.1, 0.15) is 59.8 Å². The SMILES string of the molecule is CCOC(=O)C(C)(CCCCN1CCCC(C)(C)C1)NC. The topological polar surface area (TPSA) is 41.6 Å². The van der Waals surface area contributed by atoms with Crippen LogP contribution in [-0.4, -0.2) is 49.7 Å². The molecule has 0 aromatic carbocycles. The summed E-state index contributed by atoms with van der Waals surface area (Å²) in [6.07, 6.45) is 5.67. The van der Waals surface area contributed by atoms with Gasteiger partial charge in [-0.1, -0.05) is 13.8 Å². The first kappa shape index (κ1) is 18.4. The van der Waals surface area contributed by atoms with Crippen LogP contribution in [0, 0.1) is 5.41 Å². The number of piperidine rings is 1. The van der Waals surface area contributed by atoms with Gasteiger partial charge in [-0.3, -0.25) is 4.79 Å². The number of likely N-dealkylation sites (N-methyl/N-ethyl adjacent to an activating group) is 1. The summed E-state index contributed by atoms with van der Waals surface area (Å²) >= 11 is 0. The number of hydrogen-bond acceptors (Lipinski definition) is 4. The van der Waals surface area contributed by atoms with Crippen molar-refractivity contribution in [2.75, 3.05) is 33.3 Å². The van der Waals surface area contributed by atoms with E-state index in [1.807, 2.05) is 20.9 Å². The van der Waals surface area contributed by atoms with Gasteiger partial charge >= 0.3 is 5.97 Å². The van der Waals surface area contributed by atoms with E-state index in [1.165, 1.54) is 25.9 Å². The van der Waals surface area contributed by atoms with Crippen molar-refractivity contribution in [3.63, 3.8) is 0 Å². The molecule has 1 fully saturated rings. The Labute approximate surface area is 130 Å². The predicted molar refractivity (Wildman–Crippen MR) is 87.4 cm³/mol. The fraction of sp³-hybridized carbons (Fsp3) is 0.941. The highest BCUT2D eigenvalue weighted by molar-refractivity contribution is 5.80. The molecule has 0 spiro atoms. The van der Waals surface area contributed by atoms with E-state index in [9.17, 15) is 4.79 Å². The number of likely N-dealkylation sites (tertiary alicyclic amines) is 1. The lowest BCUT2D eigenvalue weighted by Gasteiger charge is -2.38. The van der Waals surface area contributed by atoms with Crippen LogP contribution in [0.4, 0.5) is 0 Å². The Hall–Kier alpha value is -0.610. The molecule has 0 saturated carbocycles. The predicted octanol–water partition coefficient (Wildman–Crippen LogP) is 2.82. The van der Waals surface area contributed by atoms with Gasteiger partial charge in [-0.2, -0.15) is 0 Å². The maximum Gasteiger partial charge on any atom is 0.326 e. The minimum atomic E-state index is -0.544. The lowest BCUT2D eigenvalue weighted by Crippen LogP contribution is -2.48. The fourth-order valence-electron chi connectivity index (χ4n) is 3.17. The van der Waals surface area contributed by atoms with Gasteiger partial charge in [0.05, 0.1) is 6.61 Å². The number of ether oxygens (including phenoxy) is 1. The zero-order valence-corrected chi connectivity index (χ0v) is 14.6. The van der Waals surface area contributed by atoms with E-state index in [4.69, 9.17) is 4.74 Å². The van der Waals surface area contributed by atoms with Crippen LogP contribution in [0.25, 0.3) is 0 Å². The molecule has 1 unspecified atom stereocenters. The molecule has 4 nitrogen and oxygen atoms in total. The van der Waals surface area contributed by atoms with Crippen LogP contribution in [0.2, 0.25) is 0 Å². The van der Waals surface area contributed by atoms with E-state index in [0.717, 1.165) is 25.8 Å². The van der Waals surface area contributed by atoms with Crippen molar-refractivity contribution < 1.29 is 9.53 Å². The summed E-state index contributed by atoms with van der Waals surface area (Å²) in [6.45, 7) is 12.5. The van der Waals surface area contributed by atoms with Crippen LogP contribution in [-0.2, 0) is 9.53 Å². The van der Waals surface area contributed by atoms with Crippen molar-refractivity contribution in [2.24, 2.45) is 5.41 Å². The fourth-order valence-corrected chi connectivity index (χ4v) is 3.17. The highest BCUT2D eigenvalue weighted by Gasteiger charge is 2.32. The second-order valence-corrected chi connectivity index (χ2v) is 7.30. The molecule has 0 aromatic heterocycles. The normalized spacial score (nSPS) is 21.8. The molecule has 21 heavy (non-hydrogen) atoms. The van der Waals surface area contributed by atoms with Gasteiger partial charge in [-0.15, -0.1) is 0 Å². The molecule has 0 radical (unpaired) electrons. The van der Waals surface area contributed by atoms with E-state index in [-0.39, 0.29) is 5.97 Å². The second kappa shape index (κ2) is 8.14. The zero-order chi connectivity index (χ0) is 15.9. The number of nitrogens with one attached hydrogen (secondary N) is 1. The minimum absolute atomic E-state index is 0.133. The number of hydrogen-bond donors (Lipinski definition) is 1. The molecule has 1 rings (SSSR count). The van der Waals surface area contributed by atoms with Crippen molar-refractivity contribution in [3.05, 3.63) is 0 Å². The van der Waals surface area contributed by atoms with Crippen LogP contribution in [0.15, 0.2) is 0 Å². The molecule has 1 aliphatic rings. The molecule has 1 heterocycles. The van der Waals surface area contributed by atoms with Crippen molar-refractivity contribution in [3.8, 4) is 0 Å². The maximum atomic E-state index is 12.0. The highest BCUT2D eigenvalue weighted by Crippen LogP contribution is 2.28. The molecule has 0 bridgehead atoms. The lowest BCUT2D eigenvalue weighted by molar-refractivity contribution is -0.150. The molecule has 1 saturated heterocycles. The Bertz CT molecular complexity index is 331. The van der Waals surface area contributed by atoms with E-state index in [0.29, 0.717) is 12.0 Å². The van der Waals surface area contributed by atoms with E-state index >= 15 is 0 Å². The van der Waals surface area contributed by atoms with Crippen LogP contribution < -0.4 is 5.32 Å². The van der Waals surface area contributed by atoms with Crippen LogP contribution >= 0.6 is 0 Å². The highest BCUT2D eigenvalue weighted by atomic mass is 16.5. The number of carbonyl (C=O) groups is 1. The number of esters is 1. The first-order valence-corrected chi connectivity index (χ1v) is 8.41. The largest absolute Gasteiger partial charge is 0.465 e. The lowest BCUT2D eigenvalue weighted by atomic mass is 9.84. The van der Waals surface area contributed by atoms with E-state index in [1.54, 1.807) is 0 Å². The van der Waals surface area contributed by atoms with Gasteiger partial charge in [-0.25, -0.2) is 0 Å². The summed E-state index contributed by atoms with van der Waals surface area (Å²) in [5, 5.41) is 3.13. The third kappa shape index (κ3) is 5.95. The molecule has 0 aliphatic carbocycles. The molecule has 0 amide bonds. The number of carbonyl (C=O) groups excluding carboxylic acids is 1. The van der Waals surface area contributed by atoms with Gasteiger partial charge in [0, 0.05) is 6.54 Å². The van der Waals surface area contributed by atoms with Crippen molar-refractivity contribution in [1.82, 2.24) is 10.2 Å². The van der Waals surface area contributed by atoms with E-state index < -0.39 is 5.54 Å². The van der Waals surface area contributed by atoms with Gasteiger partial charge in [0.2, 0.25) is 0 Å². The third-order valence-corrected chi connectivity index (χ3v) is 4.66. The number of nitrogens with zero attached hydrogens (tertiary/aromatic N) is 1. The number of unbranched alkanes of at least 4 members (excludes halogenated alkanes) is 1. The Morgan fingerprint density at radius 3 is 2.67 bits per heavy atom. The Morgan fingerprint density at radius 2 is 2.10 bits per heavy atom. The molecular weight excluding hydrogens is 264 g/mol. The summed E-state index contributed by atoms with van der Waals surface area (Å²) in [5.74, 6) is -0.133. The molecular formula is C17H34N2O2. The van der Waals surface area contributed by atoms with Gasteiger partial charge in [0.25, 0.3) is 0 Å². The van der Waals surface area contributed by atoms with Gasteiger partial charge in [-0.05, 0) is 71.5 Å². The number of rotatable bonds is 8. The second-order valence-electron chi connectivity index (χ2n) is 7.30. The molecule has 1 aliphatic heterocycles. The van der Waals surface area contributed by atoms with Gasteiger partial charge < -0.3 is 15.0 Å². The van der Waals surface area contributed by atoms with Crippen molar-refractivity contribution >= 4 is 5.97 Å². The molecule has 4 heteroatoms. The Morgan fingerprint density at radius 1 is 1.38 bits per heavy atom. The van der Waals surface area contributed by atoms with Gasteiger partial charge in [0.15, 0.2) is 0 Å². The Balaban J connectivity index is 2.30. The minimum Gasteiger partial charge on any atom is -0.465 e. The molecule has 124 valence electrons. The van der Waals surface area contributed by atoms with Crippen LogP contribution in [0.3, 0.4) is 0 Å². The van der Waals surface area contributed by atoms with Crippen molar-refractivity contribution in [2.45, 2.75) is 65.3 Å². The standard InChI is InChI=1S/C17H34N2O2/c1-6-21-15(20)17(4,18-5)11-7-8-12-19-13-9-10-16(2,3)14-19/h18H,6-14H2,1-5H3. The first-order valence-electron chi connectivity index (χ1n) is 8.41. The summed E-state index contributed by atoms with van der Waals surface area (Å²) in [5.41, 5.74) is -0.0835. The average molecular weight is 298 g/mol. The van der Waals surface area contributed by atoms with Gasteiger partial charge in [0.1, 0.15) is 5.54 Å². The average Bonchev–Trinajstić information content (AvgIpc) is 2.42. The summed E-state index contributed by atoms with van der Waals surface area (Å²) < 4.78 is 5.16. The van der Waals surface area contributed by atoms with E-state index in [2.05, 4.69) is 24.1 Å². The third-order valence-electron chi connectivity index (χ3n) is 4.66. The quantitative estimate of drug-likeness (QED) is 0.553. The summed E-state index contributed by atoms with van der Waals surface area (Å²) in [6, 6.07) is 0. The smallest absolute Gasteiger partial charge is 0.326 e. The van der Waals surface area contributed by atoms with Crippen molar-refractivity contribution in [1.29, 1.82) is 0 Å². The molecule has 1 atom stereocenters. The molecule has 1 N–H and O–H groups in total. The maximum absolute atomic E-state index is 12.0. The summed E-state index contributed by atoms with van der Waals surface area (Å²) in [4.78, 5) is 14.6. The monoisotopic (exact) mass is 298 g/mol. The summed E-state index contributed by atoms with van der Waals surface area (Å²) in [7, 11) is 1.84. The Kier molecular flexibility index (Phi) is 7.14.